The van der Waals surface area contributed by atoms with E-state index in [-0.39, 0.29) is 36.7 Å². The average molecular weight is 807 g/mol. The highest BCUT2D eigenvalue weighted by atomic mass is 16.3. The van der Waals surface area contributed by atoms with Gasteiger partial charge in [-0.25, -0.2) is 0 Å². The summed E-state index contributed by atoms with van der Waals surface area (Å²) in [7, 11) is 0. The Morgan fingerprint density at radius 3 is 1.20 bits per heavy atom. The molecule has 5 aliphatic rings. The lowest BCUT2D eigenvalue weighted by Gasteiger charge is -2.53. The minimum Gasteiger partial charge on any atom is -0.380 e. The van der Waals surface area contributed by atoms with Crippen molar-refractivity contribution in [2.75, 3.05) is 13.1 Å². The van der Waals surface area contributed by atoms with Crippen LogP contribution in [0.3, 0.4) is 0 Å². The number of carbonyl (C=O) groups is 4. The molecule has 0 saturated carbocycles. The van der Waals surface area contributed by atoms with Gasteiger partial charge in [0.05, 0.1) is 23.7 Å². The van der Waals surface area contributed by atoms with Gasteiger partial charge < -0.3 is 10.2 Å². The van der Waals surface area contributed by atoms with Crippen molar-refractivity contribution in [3.8, 4) is 0 Å². The highest BCUT2D eigenvalue weighted by molar-refractivity contribution is 6.09. The van der Waals surface area contributed by atoms with E-state index in [1.54, 1.807) is 0 Å². The Morgan fingerprint density at radius 2 is 0.817 bits per heavy atom. The van der Waals surface area contributed by atoms with E-state index in [1.165, 1.54) is 9.80 Å². The number of likely N-dealkylation sites (tertiary alicyclic amines) is 2. The maximum Gasteiger partial charge on any atom is 0.236 e. The van der Waals surface area contributed by atoms with Gasteiger partial charge in [0.15, 0.2) is 0 Å². The Bertz CT molecular complexity index is 2130. The molecule has 4 aromatic rings. The minimum atomic E-state index is -1.84. The van der Waals surface area contributed by atoms with Gasteiger partial charge in [-0.15, -0.1) is 0 Å². The monoisotopic (exact) mass is 806 g/mol. The fourth-order valence-corrected chi connectivity index (χ4v) is 12.1. The molecule has 8 heteroatoms. The largest absolute Gasteiger partial charge is 0.380 e. The molecule has 8 nitrogen and oxygen atoms in total. The van der Waals surface area contributed by atoms with E-state index >= 15 is 9.59 Å². The minimum absolute atomic E-state index is 0.287. The van der Waals surface area contributed by atoms with Crippen molar-refractivity contribution in [1.29, 1.82) is 0 Å². The number of hydrogen-bond donors (Lipinski definition) is 2. The SMILES string of the molecule is CCCCCCCCN1C(=O)C2C3c4cccc5c4C(c4cccc(c43)C(O)(c3ccccc3)C2C1=O)C1C(=O)N(CCCCCCCC)C(=O)C1C5(O)c1ccccc1. The molecule has 312 valence electrons. The van der Waals surface area contributed by atoms with E-state index in [1.807, 2.05) is 97.1 Å². The predicted molar refractivity (Wildman–Crippen MR) is 230 cm³/mol. The third-order valence-electron chi connectivity index (χ3n) is 14.8. The summed E-state index contributed by atoms with van der Waals surface area (Å²) in [6.07, 6.45) is 12.0. The number of imide groups is 2. The van der Waals surface area contributed by atoms with Crippen molar-refractivity contribution >= 4 is 23.6 Å². The molecule has 4 aromatic carbocycles. The molecule has 0 radical (unpaired) electrons. The van der Waals surface area contributed by atoms with Crippen LogP contribution in [0.5, 0.6) is 0 Å². The predicted octanol–water partition coefficient (Wildman–Crippen LogP) is 8.69. The maximum atomic E-state index is 15.1. The molecule has 0 aromatic heterocycles. The van der Waals surface area contributed by atoms with Crippen LogP contribution in [-0.2, 0) is 30.4 Å². The smallest absolute Gasteiger partial charge is 0.236 e. The van der Waals surface area contributed by atoms with Crippen molar-refractivity contribution < 1.29 is 29.4 Å². The molecule has 0 spiro atoms. The molecular weight excluding hydrogens is 749 g/mol. The quantitative estimate of drug-likeness (QED) is 0.0866. The molecule has 2 N–H and O–H groups in total. The van der Waals surface area contributed by atoms with Crippen molar-refractivity contribution in [1.82, 2.24) is 9.80 Å². The highest BCUT2D eigenvalue weighted by Gasteiger charge is 2.69. The average Bonchev–Trinajstić information content (AvgIpc) is 3.68. The maximum absolute atomic E-state index is 15.1. The standard InChI is InChI=1S/C52H58N2O6/c1-3-5-7-9-11-19-31-53-47(55)43-41-35-27-21-30-38-40(35)42(36-28-22-29-37(39(36)41)51(59,45(43)49(53)57)33-23-15-13-16-24-33)44-46(52(38,60)34-25-17-14-18-26-34)50(58)54(48(44)56)32-20-12-10-8-6-4-2/h13-18,21-30,41-46,59-60H,3-12,19-20,31-32H2,1-2H3. The fourth-order valence-electron chi connectivity index (χ4n) is 12.1. The van der Waals surface area contributed by atoms with Crippen molar-refractivity contribution in [2.24, 2.45) is 23.7 Å². The molecule has 2 saturated heterocycles. The Kier molecular flexibility index (Phi) is 10.9. The molecule has 3 aliphatic carbocycles. The number of unbranched alkanes of at least 4 members (excludes halogenated alkanes) is 10. The van der Waals surface area contributed by atoms with Crippen LogP contribution in [0.25, 0.3) is 0 Å². The summed E-state index contributed by atoms with van der Waals surface area (Å²) >= 11 is 0. The van der Waals surface area contributed by atoms with Crippen LogP contribution in [0.4, 0.5) is 0 Å². The molecule has 8 atom stereocenters. The second-order valence-corrected chi connectivity index (χ2v) is 18.0. The van der Waals surface area contributed by atoms with Crippen LogP contribution in [0, 0.1) is 23.7 Å². The van der Waals surface area contributed by atoms with E-state index in [2.05, 4.69) is 13.8 Å². The van der Waals surface area contributed by atoms with Gasteiger partial charge in [0.1, 0.15) is 11.2 Å². The van der Waals surface area contributed by atoms with Gasteiger partial charge in [-0.05, 0) is 57.3 Å². The zero-order valence-electron chi connectivity index (χ0n) is 35.0. The normalized spacial score (nSPS) is 28.5. The number of amides is 4. The second kappa shape index (κ2) is 16.2. The fraction of sp³-hybridized carbons (Fsp3) is 0.462. The van der Waals surface area contributed by atoms with Crippen molar-refractivity contribution in [2.45, 2.75) is 114 Å². The van der Waals surface area contributed by atoms with Crippen LogP contribution in [0.2, 0.25) is 0 Å². The van der Waals surface area contributed by atoms with E-state index in [0.717, 1.165) is 86.5 Å². The number of aliphatic hydroxyl groups is 2. The number of fused-ring (bicyclic) bond motifs is 6. The van der Waals surface area contributed by atoms with Gasteiger partial charge in [0.2, 0.25) is 23.6 Å². The number of nitrogens with zero attached hydrogens (tertiary/aromatic N) is 2. The third kappa shape index (κ3) is 5.99. The van der Waals surface area contributed by atoms with Gasteiger partial charge in [0.25, 0.3) is 0 Å². The van der Waals surface area contributed by atoms with Gasteiger partial charge in [-0.2, -0.15) is 0 Å². The molecule has 2 fully saturated rings. The first-order valence-electron chi connectivity index (χ1n) is 22.7. The summed E-state index contributed by atoms with van der Waals surface area (Å²) in [5, 5.41) is 26.9. The molecular formula is C52H58N2O6. The van der Waals surface area contributed by atoms with E-state index in [9.17, 15) is 19.8 Å². The Hall–Kier alpha value is -4.92. The van der Waals surface area contributed by atoms with Crippen LogP contribution in [0.1, 0.15) is 147 Å². The number of hydrogen-bond acceptors (Lipinski definition) is 6. The highest BCUT2D eigenvalue weighted by Crippen LogP contribution is 2.67. The van der Waals surface area contributed by atoms with E-state index < -0.39 is 46.7 Å². The van der Waals surface area contributed by atoms with E-state index in [4.69, 9.17) is 0 Å². The summed E-state index contributed by atoms with van der Waals surface area (Å²) in [5.74, 6) is -6.65. The first-order valence-corrected chi connectivity index (χ1v) is 22.7. The molecule has 4 amide bonds. The lowest BCUT2D eigenvalue weighted by atomic mass is 9.50. The van der Waals surface area contributed by atoms with Crippen LogP contribution >= 0.6 is 0 Å². The number of rotatable bonds is 16. The molecule has 2 aliphatic heterocycles. The van der Waals surface area contributed by atoms with Gasteiger partial charge in [-0.1, -0.05) is 175 Å². The summed E-state index contributed by atoms with van der Waals surface area (Å²) < 4.78 is 0. The summed E-state index contributed by atoms with van der Waals surface area (Å²) in [4.78, 5) is 62.9. The van der Waals surface area contributed by atoms with Gasteiger partial charge in [-0.3, -0.25) is 29.0 Å². The van der Waals surface area contributed by atoms with Gasteiger partial charge in [0, 0.05) is 24.9 Å². The molecule has 2 heterocycles. The van der Waals surface area contributed by atoms with Gasteiger partial charge >= 0.3 is 0 Å². The lowest BCUT2D eigenvalue weighted by molar-refractivity contribution is -0.143. The van der Waals surface area contributed by atoms with Crippen molar-refractivity contribution in [3.05, 3.63) is 142 Å². The number of carbonyl (C=O) groups excluding carboxylic acids is 4. The number of benzene rings is 4. The van der Waals surface area contributed by atoms with Crippen LogP contribution in [0.15, 0.2) is 97.1 Å². The molecule has 60 heavy (non-hydrogen) atoms. The molecule has 8 unspecified atom stereocenters. The lowest BCUT2D eigenvalue weighted by Crippen LogP contribution is -2.53. The van der Waals surface area contributed by atoms with E-state index in [0.29, 0.717) is 35.1 Å². The third-order valence-corrected chi connectivity index (χ3v) is 14.8. The zero-order chi connectivity index (χ0) is 41.8. The first-order chi connectivity index (χ1) is 29.2. The summed E-state index contributed by atoms with van der Waals surface area (Å²) in [5.41, 5.74) is 1.53. The first kappa shape index (κ1) is 40.5. The zero-order valence-corrected chi connectivity index (χ0v) is 35.0. The summed E-state index contributed by atoms with van der Waals surface area (Å²) in [6, 6.07) is 29.9. The topological polar surface area (TPSA) is 115 Å². The van der Waals surface area contributed by atoms with Crippen LogP contribution in [-0.4, -0.2) is 56.7 Å². The Morgan fingerprint density at radius 1 is 0.450 bits per heavy atom. The van der Waals surface area contributed by atoms with Crippen molar-refractivity contribution in [3.63, 3.8) is 0 Å². The summed E-state index contributed by atoms with van der Waals surface area (Å²) in [6.45, 7) is 4.93. The second-order valence-electron chi connectivity index (χ2n) is 18.0. The molecule has 0 bridgehead atoms. The molecule has 9 rings (SSSR count). The Balaban J connectivity index is 1.22. The Labute approximate surface area is 354 Å². The van der Waals surface area contributed by atoms with Crippen LogP contribution < -0.4 is 0 Å².